The van der Waals surface area contributed by atoms with Crippen LogP contribution in [0.25, 0.3) is 0 Å². The third kappa shape index (κ3) is 2.63. The molecule has 18 heavy (non-hydrogen) atoms. The first kappa shape index (κ1) is 14.0. The zero-order valence-electron chi connectivity index (χ0n) is 11.1. The number of benzene rings is 1. The van der Waals surface area contributed by atoms with Gasteiger partial charge in [-0.1, -0.05) is 22.0 Å². The van der Waals surface area contributed by atoms with Crippen molar-refractivity contribution in [2.45, 2.75) is 45.2 Å². The lowest BCUT2D eigenvalue weighted by Gasteiger charge is -2.32. The summed E-state index contributed by atoms with van der Waals surface area (Å²) in [7, 11) is -0.295. The molecular formula is C13H17BBrFO2. The van der Waals surface area contributed by atoms with Crippen molar-refractivity contribution in [3.63, 3.8) is 0 Å². The van der Waals surface area contributed by atoms with Gasteiger partial charge in [0.15, 0.2) is 0 Å². The highest BCUT2D eigenvalue weighted by Crippen LogP contribution is 2.37. The maximum Gasteiger partial charge on any atom is 0.462 e. The van der Waals surface area contributed by atoms with E-state index in [-0.39, 0.29) is 24.1 Å². The van der Waals surface area contributed by atoms with E-state index in [1.54, 1.807) is 6.07 Å². The van der Waals surface area contributed by atoms with Crippen LogP contribution in [0.2, 0.25) is 0 Å². The summed E-state index contributed by atoms with van der Waals surface area (Å²) in [5.74, 6) is -0.250. The highest BCUT2D eigenvalue weighted by molar-refractivity contribution is 9.10. The number of halogens is 2. The van der Waals surface area contributed by atoms with E-state index in [1.165, 1.54) is 12.1 Å². The van der Waals surface area contributed by atoms with Gasteiger partial charge in [-0.15, -0.1) is 0 Å². The van der Waals surface area contributed by atoms with Gasteiger partial charge in [-0.25, -0.2) is 4.39 Å². The summed E-state index contributed by atoms with van der Waals surface area (Å²) in [5, 5.41) is 0. The van der Waals surface area contributed by atoms with Crippen LogP contribution in [-0.4, -0.2) is 18.3 Å². The maximum atomic E-state index is 13.0. The zero-order chi connectivity index (χ0) is 13.6. The molecule has 98 valence electrons. The van der Waals surface area contributed by atoms with Crippen molar-refractivity contribution in [2.75, 3.05) is 0 Å². The molecule has 0 saturated carbocycles. The fraction of sp³-hybridized carbons (Fsp3) is 0.538. The minimum atomic E-state index is -0.329. The summed E-state index contributed by atoms with van der Waals surface area (Å²) in [6, 6.07) is 4.66. The Labute approximate surface area is 116 Å². The first-order chi connectivity index (χ1) is 8.21. The van der Waals surface area contributed by atoms with E-state index in [2.05, 4.69) is 15.9 Å². The molecule has 0 radical (unpaired) electrons. The lowest BCUT2D eigenvalue weighted by atomic mass is 9.81. The van der Waals surface area contributed by atoms with Gasteiger partial charge < -0.3 is 9.31 Å². The average Bonchev–Trinajstić information content (AvgIpc) is 2.40. The van der Waals surface area contributed by atoms with E-state index in [1.807, 2.05) is 27.7 Å². The Morgan fingerprint density at radius 3 is 2.22 bits per heavy atom. The molecule has 1 aliphatic heterocycles. The van der Waals surface area contributed by atoms with E-state index in [0.29, 0.717) is 6.32 Å². The molecule has 1 aliphatic rings. The van der Waals surface area contributed by atoms with Gasteiger partial charge in [-0.2, -0.15) is 0 Å². The van der Waals surface area contributed by atoms with Gasteiger partial charge in [-0.3, -0.25) is 0 Å². The normalized spacial score (nSPS) is 21.3. The molecule has 0 N–H and O–H groups in total. The van der Waals surface area contributed by atoms with Crippen molar-refractivity contribution in [3.8, 4) is 0 Å². The molecule has 0 aliphatic carbocycles. The van der Waals surface area contributed by atoms with Crippen LogP contribution in [0.3, 0.4) is 0 Å². The standard InChI is InChI=1S/C13H17BBrFO2/c1-12(2)13(3,4)18-14(17-12)8-9-5-6-10(16)7-11(9)15/h5-7H,8H2,1-4H3. The summed E-state index contributed by atoms with van der Waals surface area (Å²) in [6.07, 6.45) is 0.605. The highest BCUT2D eigenvalue weighted by atomic mass is 79.9. The van der Waals surface area contributed by atoms with E-state index >= 15 is 0 Å². The monoisotopic (exact) mass is 314 g/mol. The topological polar surface area (TPSA) is 18.5 Å². The molecule has 2 rings (SSSR count). The zero-order valence-corrected chi connectivity index (χ0v) is 12.7. The highest BCUT2D eigenvalue weighted by Gasteiger charge is 2.50. The van der Waals surface area contributed by atoms with Crippen molar-refractivity contribution >= 4 is 23.0 Å². The average molecular weight is 315 g/mol. The lowest BCUT2D eigenvalue weighted by Crippen LogP contribution is -2.41. The van der Waals surface area contributed by atoms with Crippen molar-refractivity contribution in [1.29, 1.82) is 0 Å². The molecule has 0 amide bonds. The molecule has 1 saturated heterocycles. The van der Waals surface area contributed by atoms with Gasteiger partial charge in [0, 0.05) is 10.8 Å². The fourth-order valence-corrected chi connectivity index (χ4v) is 2.43. The Morgan fingerprint density at radius 1 is 1.17 bits per heavy atom. The third-order valence-corrected chi connectivity index (χ3v) is 4.44. The van der Waals surface area contributed by atoms with Crippen molar-refractivity contribution in [3.05, 3.63) is 34.1 Å². The molecule has 0 bridgehead atoms. The molecule has 5 heteroatoms. The Hall–Kier alpha value is -0.385. The predicted octanol–water partition coefficient (Wildman–Crippen LogP) is 3.76. The van der Waals surface area contributed by atoms with E-state index in [0.717, 1.165) is 10.0 Å². The molecule has 0 spiro atoms. The van der Waals surface area contributed by atoms with Crippen molar-refractivity contribution in [1.82, 2.24) is 0 Å². The maximum absolute atomic E-state index is 13.0. The molecule has 0 aromatic heterocycles. The van der Waals surface area contributed by atoms with E-state index in [4.69, 9.17) is 9.31 Å². The summed E-state index contributed by atoms with van der Waals surface area (Å²) >= 11 is 3.36. The number of rotatable bonds is 2. The van der Waals surface area contributed by atoms with Crippen LogP contribution in [0.4, 0.5) is 4.39 Å². The molecule has 2 nitrogen and oxygen atoms in total. The predicted molar refractivity (Wildman–Crippen MR) is 73.9 cm³/mol. The molecule has 1 aromatic rings. The Bertz CT molecular complexity index is 446. The van der Waals surface area contributed by atoms with Crippen molar-refractivity contribution < 1.29 is 13.7 Å². The van der Waals surface area contributed by atoms with Crippen LogP contribution in [0.5, 0.6) is 0 Å². The lowest BCUT2D eigenvalue weighted by molar-refractivity contribution is 0.00578. The van der Waals surface area contributed by atoms with Crippen LogP contribution in [0.15, 0.2) is 22.7 Å². The first-order valence-electron chi connectivity index (χ1n) is 6.01. The van der Waals surface area contributed by atoms with Gasteiger partial charge in [0.25, 0.3) is 0 Å². The second-order valence-corrected chi connectivity index (χ2v) is 6.48. The first-order valence-corrected chi connectivity index (χ1v) is 6.80. The number of hydrogen-bond donors (Lipinski definition) is 0. The smallest absolute Gasteiger partial charge is 0.403 e. The molecular weight excluding hydrogens is 298 g/mol. The summed E-state index contributed by atoms with van der Waals surface area (Å²) in [5.41, 5.74) is 0.323. The Kier molecular flexibility index (Phi) is 3.60. The molecule has 1 heterocycles. The summed E-state index contributed by atoms with van der Waals surface area (Å²) in [4.78, 5) is 0. The third-order valence-electron chi connectivity index (χ3n) is 3.70. The molecule has 1 aromatic carbocycles. The Balaban J connectivity index is 2.12. The van der Waals surface area contributed by atoms with Gasteiger partial charge in [0.1, 0.15) is 5.82 Å². The molecule has 0 unspecified atom stereocenters. The Morgan fingerprint density at radius 2 is 1.72 bits per heavy atom. The van der Waals surface area contributed by atoms with Gasteiger partial charge in [0.05, 0.1) is 11.2 Å². The summed E-state index contributed by atoms with van der Waals surface area (Å²) in [6.45, 7) is 8.08. The van der Waals surface area contributed by atoms with Gasteiger partial charge >= 0.3 is 7.12 Å². The van der Waals surface area contributed by atoms with Crippen molar-refractivity contribution in [2.24, 2.45) is 0 Å². The second kappa shape index (κ2) is 4.62. The van der Waals surface area contributed by atoms with Crippen LogP contribution < -0.4 is 0 Å². The van der Waals surface area contributed by atoms with Crippen LogP contribution in [-0.2, 0) is 15.6 Å². The number of hydrogen-bond acceptors (Lipinski definition) is 2. The second-order valence-electron chi connectivity index (χ2n) is 5.63. The SMILES string of the molecule is CC1(C)OB(Cc2ccc(F)cc2Br)OC1(C)C. The van der Waals surface area contributed by atoms with Crippen LogP contribution in [0, 0.1) is 5.82 Å². The van der Waals surface area contributed by atoms with Gasteiger partial charge in [0.2, 0.25) is 0 Å². The van der Waals surface area contributed by atoms with Crippen LogP contribution in [0.1, 0.15) is 33.3 Å². The fourth-order valence-electron chi connectivity index (χ4n) is 1.92. The quantitative estimate of drug-likeness (QED) is 0.774. The molecule has 0 atom stereocenters. The van der Waals surface area contributed by atoms with E-state index < -0.39 is 0 Å². The van der Waals surface area contributed by atoms with Crippen LogP contribution >= 0.6 is 15.9 Å². The van der Waals surface area contributed by atoms with Gasteiger partial charge in [-0.05, 0) is 45.4 Å². The van der Waals surface area contributed by atoms with E-state index in [9.17, 15) is 4.39 Å². The largest absolute Gasteiger partial charge is 0.462 e. The minimum absolute atomic E-state index is 0.250. The summed E-state index contributed by atoms with van der Waals surface area (Å²) < 4.78 is 25.6. The minimum Gasteiger partial charge on any atom is -0.403 e. The molecule has 1 fully saturated rings.